The van der Waals surface area contributed by atoms with Crippen LogP contribution < -0.4 is 0 Å². The Balaban J connectivity index is 2.10. The number of rotatable bonds is 4. The number of esters is 1. The predicted molar refractivity (Wildman–Crippen MR) is 76.5 cm³/mol. The topological polar surface area (TPSA) is 39.2 Å². The number of halogens is 2. The van der Waals surface area contributed by atoms with E-state index >= 15 is 0 Å². The highest BCUT2D eigenvalue weighted by Crippen LogP contribution is 2.27. The van der Waals surface area contributed by atoms with E-state index in [1.165, 1.54) is 31.0 Å². The number of pyridine rings is 1. The highest BCUT2D eigenvalue weighted by Gasteiger charge is 2.12. The second-order valence-electron chi connectivity index (χ2n) is 3.88. The van der Waals surface area contributed by atoms with Gasteiger partial charge in [-0.05, 0) is 29.8 Å². The van der Waals surface area contributed by atoms with Crippen LogP contribution in [0.4, 0.5) is 4.39 Å². The normalized spacial score (nSPS) is 10.3. The minimum atomic E-state index is -0.686. The molecule has 0 amide bonds. The lowest BCUT2D eigenvalue weighted by molar-refractivity contribution is 0.0595. The summed E-state index contributed by atoms with van der Waals surface area (Å²) in [6.45, 7) is 0. The number of ether oxygens (including phenoxy) is 1. The van der Waals surface area contributed by atoms with Gasteiger partial charge in [0, 0.05) is 11.9 Å². The molecule has 2 aromatic rings. The van der Waals surface area contributed by atoms with Gasteiger partial charge in [0.05, 0.1) is 17.7 Å². The molecule has 2 rings (SSSR count). The Morgan fingerprint density at radius 2 is 2.25 bits per heavy atom. The number of carbonyl (C=O) groups is 1. The molecule has 6 heteroatoms. The van der Waals surface area contributed by atoms with Crippen LogP contribution in [0.25, 0.3) is 0 Å². The van der Waals surface area contributed by atoms with Gasteiger partial charge >= 0.3 is 5.97 Å². The fourth-order valence-electron chi connectivity index (χ4n) is 1.55. The maximum atomic E-state index is 13.7. The van der Waals surface area contributed by atoms with Crippen molar-refractivity contribution in [3.05, 3.63) is 58.5 Å². The largest absolute Gasteiger partial charge is 0.465 e. The lowest BCUT2D eigenvalue weighted by atomic mass is 10.1. The van der Waals surface area contributed by atoms with Crippen LogP contribution in [0.3, 0.4) is 0 Å². The molecular weight excluding hydrogens is 301 g/mol. The molecule has 0 N–H and O–H groups in total. The SMILES string of the molecule is COC(=O)c1ccc(CSc2ncccc2Cl)cc1F. The van der Waals surface area contributed by atoms with Crippen LogP contribution in [0.15, 0.2) is 41.6 Å². The van der Waals surface area contributed by atoms with Gasteiger partial charge in [0.1, 0.15) is 10.8 Å². The summed E-state index contributed by atoms with van der Waals surface area (Å²) < 4.78 is 18.2. The Hall–Kier alpha value is -1.59. The molecule has 0 aliphatic carbocycles. The minimum absolute atomic E-state index is 0.0721. The molecule has 0 aliphatic rings. The van der Waals surface area contributed by atoms with Gasteiger partial charge in [-0.25, -0.2) is 14.2 Å². The summed E-state index contributed by atoms with van der Waals surface area (Å²) >= 11 is 7.39. The Morgan fingerprint density at radius 3 is 2.90 bits per heavy atom. The van der Waals surface area contributed by atoms with Crippen molar-refractivity contribution in [2.75, 3.05) is 7.11 Å². The highest BCUT2D eigenvalue weighted by molar-refractivity contribution is 7.98. The van der Waals surface area contributed by atoms with Gasteiger partial charge in [0.25, 0.3) is 0 Å². The zero-order chi connectivity index (χ0) is 14.5. The van der Waals surface area contributed by atoms with Gasteiger partial charge in [-0.1, -0.05) is 17.7 Å². The molecule has 1 heterocycles. The van der Waals surface area contributed by atoms with Gasteiger partial charge in [-0.3, -0.25) is 0 Å². The quantitative estimate of drug-likeness (QED) is 0.633. The van der Waals surface area contributed by atoms with Crippen molar-refractivity contribution in [2.45, 2.75) is 10.8 Å². The smallest absolute Gasteiger partial charge is 0.340 e. The summed E-state index contributed by atoms with van der Waals surface area (Å²) in [7, 11) is 1.22. The van der Waals surface area contributed by atoms with Crippen molar-refractivity contribution in [1.82, 2.24) is 4.98 Å². The number of aromatic nitrogens is 1. The van der Waals surface area contributed by atoms with E-state index in [1.54, 1.807) is 24.4 Å². The molecule has 0 fully saturated rings. The third kappa shape index (κ3) is 3.49. The molecule has 0 atom stereocenters. The van der Waals surface area contributed by atoms with Gasteiger partial charge < -0.3 is 4.74 Å². The van der Waals surface area contributed by atoms with Crippen molar-refractivity contribution in [1.29, 1.82) is 0 Å². The Bertz CT molecular complexity index is 636. The molecule has 20 heavy (non-hydrogen) atoms. The number of methoxy groups -OCH3 is 1. The fourth-order valence-corrected chi connectivity index (χ4v) is 2.66. The standard InChI is InChI=1S/C14H11ClFNO2S/c1-19-14(18)10-5-4-9(7-12(10)16)8-20-13-11(15)3-2-6-17-13/h2-7H,8H2,1H3. The van der Waals surface area contributed by atoms with E-state index in [-0.39, 0.29) is 5.56 Å². The van der Waals surface area contributed by atoms with E-state index in [0.29, 0.717) is 15.8 Å². The lowest BCUT2D eigenvalue weighted by Gasteiger charge is -2.05. The Kier molecular flexibility index (Phi) is 4.98. The first-order valence-electron chi connectivity index (χ1n) is 5.72. The number of benzene rings is 1. The molecule has 1 aromatic carbocycles. The third-order valence-electron chi connectivity index (χ3n) is 2.54. The van der Waals surface area contributed by atoms with E-state index in [9.17, 15) is 9.18 Å². The Morgan fingerprint density at radius 1 is 1.45 bits per heavy atom. The van der Waals surface area contributed by atoms with Crippen LogP contribution >= 0.6 is 23.4 Å². The van der Waals surface area contributed by atoms with E-state index < -0.39 is 11.8 Å². The van der Waals surface area contributed by atoms with Gasteiger partial charge in [-0.15, -0.1) is 11.8 Å². The van der Waals surface area contributed by atoms with Crippen LogP contribution in [0, 0.1) is 5.82 Å². The van der Waals surface area contributed by atoms with E-state index in [1.807, 2.05) is 0 Å². The molecule has 0 radical (unpaired) electrons. The molecular formula is C14H11ClFNO2S. The number of hydrogen-bond acceptors (Lipinski definition) is 4. The van der Waals surface area contributed by atoms with Crippen molar-refractivity contribution in [3.63, 3.8) is 0 Å². The number of hydrogen-bond donors (Lipinski definition) is 0. The second-order valence-corrected chi connectivity index (χ2v) is 5.26. The summed E-state index contributed by atoms with van der Waals surface area (Å²) in [5, 5.41) is 1.25. The average Bonchev–Trinajstić information content (AvgIpc) is 2.46. The van der Waals surface area contributed by atoms with Crippen LogP contribution in [0.2, 0.25) is 5.02 Å². The minimum Gasteiger partial charge on any atom is -0.465 e. The second kappa shape index (κ2) is 6.72. The molecule has 104 valence electrons. The monoisotopic (exact) mass is 311 g/mol. The fraction of sp³-hybridized carbons (Fsp3) is 0.143. The van der Waals surface area contributed by atoms with Crippen molar-refractivity contribution >= 4 is 29.3 Å². The van der Waals surface area contributed by atoms with Crippen LogP contribution in [0.1, 0.15) is 15.9 Å². The maximum Gasteiger partial charge on any atom is 0.340 e. The van der Waals surface area contributed by atoms with Gasteiger partial charge in [-0.2, -0.15) is 0 Å². The first-order valence-corrected chi connectivity index (χ1v) is 7.08. The number of nitrogens with zero attached hydrogens (tertiary/aromatic N) is 1. The van der Waals surface area contributed by atoms with E-state index in [0.717, 1.165) is 5.56 Å². The van der Waals surface area contributed by atoms with Crippen LogP contribution in [0.5, 0.6) is 0 Å². The van der Waals surface area contributed by atoms with Crippen molar-refractivity contribution < 1.29 is 13.9 Å². The van der Waals surface area contributed by atoms with Gasteiger partial charge in [0.2, 0.25) is 0 Å². The van der Waals surface area contributed by atoms with Crippen LogP contribution in [-0.2, 0) is 10.5 Å². The first kappa shape index (κ1) is 14.8. The van der Waals surface area contributed by atoms with E-state index in [4.69, 9.17) is 11.6 Å². The summed E-state index contributed by atoms with van der Waals surface area (Å²) in [5.41, 5.74) is 0.666. The molecule has 0 saturated heterocycles. The molecule has 0 saturated carbocycles. The Labute approximate surface area is 125 Å². The molecule has 0 spiro atoms. The summed E-state index contributed by atoms with van der Waals surface area (Å²) in [6.07, 6.45) is 1.65. The summed E-state index contributed by atoms with van der Waals surface area (Å²) in [6, 6.07) is 7.90. The number of carbonyl (C=O) groups excluding carboxylic acids is 1. The first-order chi connectivity index (χ1) is 9.61. The molecule has 0 unspecified atom stereocenters. The highest BCUT2D eigenvalue weighted by atomic mass is 35.5. The van der Waals surface area contributed by atoms with Crippen molar-refractivity contribution in [3.8, 4) is 0 Å². The lowest BCUT2D eigenvalue weighted by Crippen LogP contribution is -2.04. The zero-order valence-electron chi connectivity index (χ0n) is 10.6. The number of thioether (sulfide) groups is 1. The maximum absolute atomic E-state index is 13.7. The molecule has 0 bridgehead atoms. The third-order valence-corrected chi connectivity index (χ3v) is 4.03. The van der Waals surface area contributed by atoms with Crippen molar-refractivity contribution in [2.24, 2.45) is 0 Å². The molecule has 3 nitrogen and oxygen atoms in total. The van der Waals surface area contributed by atoms with Crippen LogP contribution in [-0.4, -0.2) is 18.1 Å². The summed E-state index contributed by atoms with van der Waals surface area (Å²) in [4.78, 5) is 15.4. The van der Waals surface area contributed by atoms with Gasteiger partial charge in [0.15, 0.2) is 0 Å². The predicted octanol–water partition coefficient (Wildman–Crippen LogP) is 3.95. The van der Waals surface area contributed by atoms with E-state index in [2.05, 4.69) is 9.72 Å². The summed E-state index contributed by atoms with van der Waals surface area (Å²) in [5.74, 6) is -0.772. The molecule has 1 aromatic heterocycles. The zero-order valence-corrected chi connectivity index (χ0v) is 12.2. The molecule has 0 aliphatic heterocycles. The average molecular weight is 312 g/mol.